The Balaban J connectivity index is 2.53. The highest BCUT2D eigenvalue weighted by Gasteiger charge is 2.44. The van der Waals surface area contributed by atoms with Crippen molar-refractivity contribution in [2.75, 3.05) is 13.7 Å². The number of nitrogens with zero attached hydrogens (tertiary/aromatic N) is 1. The van der Waals surface area contributed by atoms with Gasteiger partial charge in [-0.15, -0.1) is 0 Å². The van der Waals surface area contributed by atoms with E-state index in [4.69, 9.17) is 5.73 Å². The Morgan fingerprint density at radius 3 is 2.47 bits per heavy atom. The second-order valence-electron chi connectivity index (χ2n) is 5.92. The lowest BCUT2D eigenvalue weighted by atomic mass is 9.92. The molecule has 0 bridgehead atoms. The van der Waals surface area contributed by atoms with Gasteiger partial charge in [0.05, 0.1) is 12.5 Å². The first kappa shape index (κ1) is 15.6. The molecule has 0 radical (unpaired) electrons. The molecule has 2 N–H and O–H groups in total. The molecule has 6 heteroatoms. The lowest BCUT2D eigenvalue weighted by Gasteiger charge is -2.23. The van der Waals surface area contributed by atoms with Crippen LogP contribution in [0.5, 0.6) is 0 Å². The summed E-state index contributed by atoms with van der Waals surface area (Å²) < 4.78 is 4.60. The molecule has 0 saturated carbocycles. The van der Waals surface area contributed by atoms with Crippen molar-refractivity contribution in [3.05, 3.63) is 0 Å². The molecule has 1 unspecified atom stereocenters. The van der Waals surface area contributed by atoms with Gasteiger partial charge in [-0.25, -0.2) is 0 Å². The summed E-state index contributed by atoms with van der Waals surface area (Å²) in [6, 6.07) is 0. The Bertz CT molecular complexity index is 401. The van der Waals surface area contributed by atoms with Crippen LogP contribution >= 0.6 is 0 Å². The summed E-state index contributed by atoms with van der Waals surface area (Å²) in [7, 11) is 1.28. The predicted octanol–water partition coefficient (Wildman–Crippen LogP) is 0.442. The third-order valence-electron chi connectivity index (χ3n) is 3.45. The van der Waals surface area contributed by atoms with Crippen LogP contribution in [0.2, 0.25) is 0 Å². The number of hydrogen-bond acceptors (Lipinski definition) is 5. The fraction of sp³-hybridized carbons (Fsp3) is 0.769. The quantitative estimate of drug-likeness (QED) is 0.578. The molecule has 1 aliphatic heterocycles. The molecule has 0 aromatic heterocycles. The van der Waals surface area contributed by atoms with Crippen molar-refractivity contribution in [1.82, 2.24) is 4.90 Å². The minimum absolute atomic E-state index is 0.158. The van der Waals surface area contributed by atoms with Gasteiger partial charge in [0.1, 0.15) is 5.54 Å². The van der Waals surface area contributed by atoms with E-state index in [1.807, 2.05) is 0 Å². The van der Waals surface area contributed by atoms with Crippen LogP contribution in [0.4, 0.5) is 0 Å². The summed E-state index contributed by atoms with van der Waals surface area (Å²) in [5.74, 6) is -0.812. The van der Waals surface area contributed by atoms with E-state index >= 15 is 0 Å². The molecule has 0 aliphatic carbocycles. The number of amides is 2. The molecular formula is C13H22N2O4. The van der Waals surface area contributed by atoms with Crippen LogP contribution in [-0.2, 0) is 19.1 Å². The zero-order valence-electron chi connectivity index (χ0n) is 12.0. The number of methoxy groups -OCH3 is 1. The molecule has 1 atom stereocenters. The maximum atomic E-state index is 12.0. The molecular weight excluding hydrogens is 248 g/mol. The fourth-order valence-electron chi connectivity index (χ4n) is 2.19. The van der Waals surface area contributed by atoms with Gasteiger partial charge in [-0.05, 0) is 19.8 Å². The highest BCUT2D eigenvalue weighted by atomic mass is 16.5. The number of carbonyl (C=O) groups is 3. The SMILES string of the molecule is COC(=O)C(C)(N)CCCN1C(=O)CC(C)(C)C1=O. The molecule has 0 spiro atoms. The lowest BCUT2D eigenvalue weighted by Crippen LogP contribution is -2.46. The van der Waals surface area contributed by atoms with E-state index in [1.165, 1.54) is 12.0 Å². The molecule has 1 saturated heterocycles. The van der Waals surface area contributed by atoms with Gasteiger partial charge < -0.3 is 10.5 Å². The van der Waals surface area contributed by atoms with Gasteiger partial charge in [-0.1, -0.05) is 13.8 Å². The lowest BCUT2D eigenvalue weighted by molar-refractivity contribution is -0.146. The Morgan fingerprint density at radius 2 is 2.05 bits per heavy atom. The minimum Gasteiger partial charge on any atom is -0.468 e. The number of nitrogens with two attached hydrogens (primary N) is 1. The summed E-state index contributed by atoms with van der Waals surface area (Å²) in [6.07, 6.45) is 1.08. The zero-order chi connectivity index (χ0) is 14.8. The number of likely N-dealkylation sites (tertiary alicyclic amines) is 1. The molecule has 1 aliphatic rings. The van der Waals surface area contributed by atoms with Crippen LogP contribution in [-0.4, -0.2) is 41.9 Å². The molecule has 2 amide bonds. The third-order valence-corrected chi connectivity index (χ3v) is 3.45. The van der Waals surface area contributed by atoms with Gasteiger partial charge in [0.2, 0.25) is 11.8 Å². The van der Waals surface area contributed by atoms with E-state index in [0.717, 1.165) is 0 Å². The van der Waals surface area contributed by atoms with Crippen molar-refractivity contribution in [2.24, 2.45) is 11.1 Å². The van der Waals surface area contributed by atoms with Crippen LogP contribution in [0.1, 0.15) is 40.0 Å². The van der Waals surface area contributed by atoms with E-state index in [0.29, 0.717) is 19.4 Å². The Hall–Kier alpha value is -1.43. The number of imide groups is 1. The van der Waals surface area contributed by atoms with Crippen molar-refractivity contribution in [2.45, 2.75) is 45.6 Å². The summed E-state index contributed by atoms with van der Waals surface area (Å²) in [6.45, 7) is 5.39. The highest BCUT2D eigenvalue weighted by molar-refractivity contribution is 6.05. The Kier molecular flexibility index (Phi) is 4.35. The first-order valence-corrected chi connectivity index (χ1v) is 6.34. The average molecular weight is 270 g/mol. The second-order valence-corrected chi connectivity index (χ2v) is 5.92. The number of carbonyl (C=O) groups excluding carboxylic acids is 3. The normalized spacial score (nSPS) is 21.4. The predicted molar refractivity (Wildman–Crippen MR) is 69.0 cm³/mol. The van der Waals surface area contributed by atoms with Gasteiger partial charge in [0, 0.05) is 13.0 Å². The molecule has 108 valence electrons. The van der Waals surface area contributed by atoms with E-state index in [-0.39, 0.29) is 18.2 Å². The molecule has 1 rings (SSSR count). The molecule has 0 aromatic rings. The third kappa shape index (κ3) is 3.32. The van der Waals surface area contributed by atoms with Crippen LogP contribution in [0.25, 0.3) is 0 Å². The fourth-order valence-corrected chi connectivity index (χ4v) is 2.19. The molecule has 0 aromatic carbocycles. The summed E-state index contributed by atoms with van der Waals surface area (Å²) in [5.41, 5.74) is 4.11. The minimum atomic E-state index is -1.09. The number of rotatable bonds is 5. The van der Waals surface area contributed by atoms with Gasteiger partial charge in [0.15, 0.2) is 0 Å². The van der Waals surface area contributed by atoms with Gasteiger partial charge in [-0.2, -0.15) is 0 Å². The number of esters is 1. The van der Waals surface area contributed by atoms with Crippen molar-refractivity contribution in [3.8, 4) is 0 Å². The monoisotopic (exact) mass is 270 g/mol. The second kappa shape index (κ2) is 5.28. The van der Waals surface area contributed by atoms with Gasteiger partial charge in [-0.3, -0.25) is 19.3 Å². The maximum absolute atomic E-state index is 12.0. The van der Waals surface area contributed by atoms with Crippen LogP contribution in [0.3, 0.4) is 0 Å². The summed E-state index contributed by atoms with van der Waals surface area (Å²) in [5, 5.41) is 0. The summed E-state index contributed by atoms with van der Waals surface area (Å²) >= 11 is 0. The Labute approximate surface area is 113 Å². The van der Waals surface area contributed by atoms with Crippen molar-refractivity contribution >= 4 is 17.8 Å². The Morgan fingerprint density at radius 1 is 1.47 bits per heavy atom. The number of ether oxygens (including phenoxy) is 1. The number of hydrogen-bond donors (Lipinski definition) is 1. The van der Waals surface area contributed by atoms with Crippen molar-refractivity contribution < 1.29 is 19.1 Å². The topological polar surface area (TPSA) is 89.7 Å². The van der Waals surface area contributed by atoms with Crippen molar-refractivity contribution in [1.29, 1.82) is 0 Å². The maximum Gasteiger partial charge on any atom is 0.325 e. The van der Waals surface area contributed by atoms with Gasteiger partial charge >= 0.3 is 5.97 Å². The van der Waals surface area contributed by atoms with Crippen LogP contribution in [0, 0.1) is 5.41 Å². The standard InChI is InChI=1S/C13H22N2O4/c1-12(2)8-9(16)15(10(12)17)7-5-6-13(3,14)11(18)19-4/h5-8,14H2,1-4H3. The average Bonchev–Trinajstić information content (AvgIpc) is 2.49. The van der Waals surface area contributed by atoms with E-state index < -0.39 is 16.9 Å². The molecule has 1 fully saturated rings. The van der Waals surface area contributed by atoms with Crippen LogP contribution in [0.15, 0.2) is 0 Å². The molecule has 1 heterocycles. The van der Waals surface area contributed by atoms with E-state index in [1.54, 1.807) is 20.8 Å². The smallest absolute Gasteiger partial charge is 0.325 e. The first-order chi connectivity index (χ1) is 8.62. The van der Waals surface area contributed by atoms with Gasteiger partial charge in [0.25, 0.3) is 0 Å². The zero-order valence-corrected chi connectivity index (χ0v) is 12.0. The highest BCUT2D eigenvalue weighted by Crippen LogP contribution is 2.31. The van der Waals surface area contributed by atoms with E-state index in [9.17, 15) is 14.4 Å². The molecule has 6 nitrogen and oxygen atoms in total. The van der Waals surface area contributed by atoms with Crippen LogP contribution < -0.4 is 5.73 Å². The largest absolute Gasteiger partial charge is 0.468 e. The first-order valence-electron chi connectivity index (χ1n) is 6.34. The molecule has 19 heavy (non-hydrogen) atoms. The summed E-state index contributed by atoms with van der Waals surface area (Å²) in [4.78, 5) is 36.3. The van der Waals surface area contributed by atoms with Crippen molar-refractivity contribution in [3.63, 3.8) is 0 Å². The van der Waals surface area contributed by atoms with E-state index in [2.05, 4.69) is 4.74 Å².